The number of carbonyl (C=O) groups is 1. The lowest BCUT2D eigenvalue weighted by Gasteiger charge is -2.17. The van der Waals surface area contributed by atoms with Crippen LogP contribution in [0.5, 0.6) is 0 Å². The van der Waals surface area contributed by atoms with E-state index in [0.717, 1.165) is 19.6 Å². The highest BCUT2D eigenvalue weighted by Crippen LogP contribution is 2.38. The molecule has 0 aromatic carbocycles. The van der Waals surface area contributed by atoms with Gasteiger partial charge in [0.15, 0.2) is 12.0 Å². The number of aldehydes is 1. The van der Waals surface area contributed by atoms with Crippen molar-refractivity contribution in [1.29, 1.82) is 0 Å². The van der Waals surface area contributed by atoms with Crippen molar-refractivity contribution in [2.45, 2.75) is 23.2 Å². The topological polar surface area (TPSA) is 51.0 Å². The summed E-state index contributed by atoms with van der Waals surface area (Å²) in [6.45, 7) is 3.54. The smallest absolute Gasteiger partial charge is 0.234 e. The van der Waals surface area contributed by atoms with Crippen LogP contribution in [0, 0.1) is 0 Å². The van der Waals surface area contributed by atoms with Gasteiger partial charge < -0.3 is 4.90 Å². The Bertz CT molecular complexity index is 423. The second-order valence-corrected chi connectivity index (χ2v) is 6.49. The van der Waals surface area contributed by atoms with Gasteiger partial charge in [0.25, 0.3) is 0 Å². The summed E-state index contributed by atoms with van der Waals surface area (Å²) in [4.78, 5) is 13.2. The summed E-state index contributed by atoms with van der Waals surface area (Å²) in [7, 11) is 0. The fraction of sp³-hybridized carbons (Fsp3) is 0.700. The van der Waals surface area contributed by atoms with Crippen molar-refractivity contribution in [3.63, 3.8) is 0 Å². The first-order valence-corrected chi connectivity index (χ1v) is 6.84. The van der Waals surface area contributed by atoms with Crippen molar-refractivity contribution in [2.24, 2.45) is 0 Å². The lowest BCUT2D eigenvalue weighted by Crippen LogP contribution is -2.26. The van der Waals surface area contributed by atoms with Crippen molar-refractivity contribution in [2.75, 3.05) is 19.6 Å². The summed E-state index contributed by atoms with van der Waals surface area (Å²) >= 11 is 17.5. The molecule has 1 aliphatic heterocycles. The number of rotatable bonds is 4. The minimum Gasteiger partial charge on any atom is -0.301 e. The molecule has 18 heavy (non-hydrogen) atoms. The van der Waals surface area contributed by atoms with Gasteiger partial charge in [0.1, 0.15) is 5.69 Å². The Kier molecular flexibility index (Phi) is 4.48. The molecule has 1 saturated heterocycles. The van der Waals surface area contributed by atoms with Gasteiger partial charge >= 0.3 is 0 Å². The molecule has 1 aromatic rings. The molecule has 1 aromatic heterocycles. The molecule has 5 nitrogen and oxygen atoms in total. The molecule has 2 rings (SSSR count). The zero-order valence-corrected chi connectivity index (χ0v) is 11.9. The predicted octanol–water partition coefficient (Wildman–Crippen LogP) is 2.01. The summed E-state index contributed by atoms with van der Waals surface area (Å²) in [5, 5.41) is 7.59. The van der Waals surface area contributed by atoms with E-state index in [1.54, 1.807) is 0 Å². The lowest BCUT2D eigenvalue weighted by atomic mass is 10.3. The van der Waals surface area contributed by atoms with E-state index in [4.69, 9.17) is 34.8 Å². The van der Waals surface area contributed by atoms with Crippen molar-refractivity contribution in [3.05, 3.63) is 11.4 Å². The summed E-state index contributed by atoms with van der Waals surface area (Å²) in [6, 6.07) is 0. The quantitative estimate of drug-likeness (QED) is 0.630. The molecule has 2 heterocycles. The van der Waals surface area contributed by atoms with E-state index in [-0.39, 0.29) is 11.4 Å². The van der Waals surface area contributed by atoms with Gasteiger partial charge in [-0.15, -0.1) is 5.10 Å². The molecule has 100 valence electrons. The van der Waals surface area contributed by atoms with Gasteiger partial charge in [-0.05, 0) is 25.9 Å². The minimum absolute atomic E-state index is 0.0800. The number of nitrogens with zero attached hydrogens (tertiary/aromatic N) is 4. The number of halogens is 3. The standard InChI is InChI=1S/C10H13Cl3N4O/c11-10(12,13)9-8(7-18)14-15-17(9)6-5-16-3-1-2-4-16/h7H,1-6H2. The predicted molar refractivity (Wildman–Crippen MR) is 70.3 cm³/mol. The molecule has 1 fully saturated rings. The first-order valence-electron chi connectivity index (χ1n) is 5.70. The largest absolute Gasteiger partial charge is 0.301 e. The van der Waals surface area contributed by atoms with Crippen LogP contribution in [0.4, 0.5) is 0 Å². The molecule has 0 saturated carbocycles. The van der Waals surface area contributed by atoms with Crippen LogP contribution in [0.25, 0.3) is 0 Å². The van der Waals surface area contributed by atoms with Gasteiger partial charge in [-0.3, -0.25) is 4.79 Å². The van der Waals surface area contributed by atoms with E-state index in [2.05, 4.69) is 15.2 Å². The lowest BCUT2D eigenvalue weighted by molar-refractivity contribution is 0.111. The average molecular weight is 312 g/mol. The van der Waals surface area contributed by atoms with Crippen LogP contribution in [0.15, 0.2) is 0 Å². The molecular formula is C10H13Cl3N4O. The van der Waals surface area contributed by atoms with E-state index >= 15 is 0 Å². The van der Waals surface area contributed by atoms with Crippen molar-refractivity contribution < 1.29 is 4.79 Å². The third-order valence-corrected chi connectivity index (χ3v) is 3.51. The highest BCUT2D eigenvalue weighted by molar-refractivity contribution is 6.66. The summed E-state index contributed by atoms with van der Waals surface area (Å²) in [5.74, 6) is 0. The van der Waals surface area contributed by atoms with E-state index in [9.17, 15) is 4.79 Å². The van der Waals surface area contributed by atoms with E-state index < -0.39 is 3.79 Å². The fourth-order valence-electron chi connectivity index (χ4n) is 2.10. The SMILES string of the molecule is O=Cc1nnn(CCN2CCCC2)c1C(Cl)(Cl)Cl. The monoisotopic (exact) mass is 310 g/mol. The Hall–Kier alpha value is -0.360. The van der Waals surface area contributed by atoms with Gasteiger partial charge in [0, 0.05) is 6.54 Å². The number of carbonyl (C=O) groups excluding carboxylic acids is 1. The zero-order valence-electron chi connectivity index (χ0n) is 9.65. The van der Waals surface area contributed by atoms with Crippen LogP contribution in [0.1, 0.15) is 29.0 Å². The van der Waals surface area contributed by atoms with Crippen molar-refractivity contribution >= 4 is 41.1 Å². The van der Waals surface area contributed by atoms with Gasteiger partial charge in [-0.25, -0.2) is 4.68 Å². The Morgan fingerprint density at radius 1 is 1.22 bits per heavy atom. The Labute approximate surface area is 120 Å². The Balaban J connectivity index is 2.12. The second-order valence-electron chi connectivity index (χ2n) is 4.21. The highest BCUT2D eigenvalue weighted by Gasteiger charge is 2.32. The number of likely N-dealkylation sites (tertiary alicyclic amines) is 1. The van der Waals surface area contributed by atoms with Crippen LogP contribution in [-0.4, -0.2) is 45.8 Å². The molecule has 8 heteroatoms. The van der Waals surface area contributed by atoms with E-state index in [0.29, 0.717) is 12.8 Å². The fourth-order valence-corrected chi connectivity index (χ4v) is 2.68. The normalized spacial score (nSPS) is 17.3. The first-order chi connectivity index (χ1) is 8.52. The van der Waals surface area contributed by atoms with Gasteiger partial charge in [0.2, 0.25) is 3.79 Å². The summed E-state index contributed by atoms with van der Waals surface area (Å²) in [5.41, 5.74) is 0.318. The molecule has 0 unspecified atom stereocenters. The van der Waals surface area contributed by atoms with Crippen LogP contribution >= 0.6 is 34.8 Å². The second kappa shape index (κ2) is 5.74. The molecule has 0 radical (unpaired) electrons. The first kappa shape index (κ1) is 14.1. The van der Waals surface area contributed by atoms with E-state index in [1.807, 2.05) is 0 Å². The van der Waals surface area contributed by atoms with Crippen molar-refractivity contribution in [3.8, 4) is 0 Å². The molecule has 0 bridgehead atoms. The number of alkyl halides is 3. The minimum atomic E-state index is -1.69. The molecule has 0 amide bonds. The van der Waals surface area contributed by atoms with Crippen LogP contribution < -0.4 is 0 Å². The zero-order chi connectivity index (χ0) is 13.2. The number of hydrogen-bond donors (Lipinski definition) is 0. The molecule has 0 N–H and O–H groups in total. The maximum Gasteiger partial charge on any atom is 0.234 e. The van der Waals surface area contributed by atoms with E-state index in [1.165, 1.54) is 17.5 Å². The van der Waals surface area contributed by atoms with Crippen LogP contribution in [0.2, 0.25) is 0 Å². The van der Waals surface area contributed by atoms with Crippen LogP contribution in [0.3, 0.4) is 0 Å². The summed E-state index contributed by atoms with van der Waals surface area (Å²) < 4.78 is -0.195. The third kappa shape index (κ3) is 3.15. The number of aromatic nitrogens is 3. The van der Waals surface area contributed by atoms with Crippen molar-refractivity contribution in [1.82, 2.24) is 19.9 Å². The molecule has 1 aliphatic rings. The molecular weight excluding hydrogens is 298 g/mol. The summed E-state index contributed by atoms with van der Waals surface area (Å²) in [6.07, 6.45) is 2.99. The highest BCUT2D eigenvalue weighted by atomic mass is 35.6. The maximum absolute atomic E-state index is 10.8. The maximum atomic E-state index is 10.8. The van der Waals surface area contributed by atoms with Gasteiger partial charge in [0.05, 0.1) is 6.54 Å². The Morgan fingerprint density at radius 3 is 2.44 bits per heavy atom. The average Bonchev–Trinajstić information content (AvgIpc) is 2.94. The van der Waals surface area contributed by atoms with Crippen LogP contribution in [-0.2, 0) is 10.3 Å². The van der Waals surface area contributed by atoms with Gasteiger partial charge in [-0.1, -0.05) is 40.0 Å². The molecule has 0 atom stereocenters. The van der Waals surface area contributed by atoms with Gasteiger partial charge in [-0.2, -0.15) is 0 Å². The number of hydrogen-bond acceptors (Lipinski definition) is 4. The molecule has 0 spiro atoms. The third-order valence-electron chi connectivity index (χ3n) is 2.97. The molecule has 0 aliphatic carbocycles. The Morgan fingerprint density at radius 2 is 1.89 bits per heavy atom.